The van der Waals surface area contributed by atoms with Crippen molar-refractivity contribution in [2.45, 2.75) is 20.1 Å². The molecule has 2 N–H and O–H groups in total. The first-order valence-corrected chi connectivity index (χ1v) is 9.47. The molecule has 0 spiro atoms. The summed E-state index contributed by atoms with van der Waals surface area (Å²) in [7, 11) is 0. The Kier molecular flexibility index (Phi) is 5.56. The number of aromatic nitrogens is 4. The molecule has 0 saturated heterocycles. The van der Waals surface area contributed by atoms with E-state index in [9.17, 15) is 9.18 Å². The number of aromatic amines is 1. The summed E-state index contributed by atoms with van der Waals surface area (Å²) in [6.45, 7) is 2.32. The molecule has 0 bridgehead atoms. The summed E-state index contributed by atoms with van der Waals surface area (Å²) in [5, 5.41) is 13.7. The molecule has 0 unspecified atom stereocenters. The Hall–Kier alpha value is -3.94. The van der Waals surface area contributed by atoms with Crippen LogP contribution in [0.4, 0.5) is 10.1 Å². The molecule has 4 aromatic rings. The molecular formula is C22H20FN5O2. The second kappa shape index (κ2) is 8.60. The van der Waals surface area contributed by atoms with E-state index in [0.29, 0.717) is 16.9 Å². The van der Waals surface area contributed by atoms with Gasteiger partial charge in [0.2, 0.25) is 0 Å². The maximum atomic E-state index is 13.1. The number of H-pyrrole nitrogens is 1. The SMILES string of the molecule is CCc1ccc(OCn2cc(NC(=O)c3cc(-c4ccc(F)cc4)n[nH]3)cn2)cc1. The highest BCUT2D eigenvalue weighted by molar-refractivity contribution is 6.03. The van der Waals surface area contributed by atoms with Gasteiger partial charge in [0.1, 0.15) is 17.3 Å². The molecule has 4 rings (SSSR count). The molecule has 2 aromatic heterocycles. The first kappa shape index (κ1) is 19.4. The second-order valence-corrected chi connectivity index (χ2v) is 6.67. The highest BCUT2D eigenvalue weighted by atomic mass is 19.1. The fourth-order valence-corrected chi connectivity index (χ4v) is 2.87. The fourth-order valence-electron chi connectivity index (χ4n) is 2.87. The Morgan fingerprint density at radius 1 is 1.17 bits per heavy atom. The van der Waals surface area contributed by atoms with Crippen LogP contribution >= 0.6 is 0 Å². The van der Waals surface area contributed by atoms with E-state index in [1.165, 1.54) is 17.7 Å². The van der Waals surface area contributed by atoms with Gasteiger partial charge in [-0.2, -0.15) is 10.2 Å². The molecule has 0 radical (unpaired) electrons. The van der Waals surface area contributed by atoms with Crippen molar-refractivity contribution in [3.8, 4) is 17.0 Å². The number of nitrogens with zero attached hydrogens (tertiary/aromatic N) is 3. The van der Waals surface area contributed by atoms with E-state index >= 15 is 0 Å². The van der Waals surface area contributed by atoms with Gasteiger partial charge in [-0.25, -0.2) is 9.07 Å². The minimum absolute atomic E-state index is 0.222. The Balaban J connectivity index is 1.35. The number of carbonyl (C=O) groups excluding carboxylic acids is 1. The van der Waals surface area contributed by atoms with E-state index in [0.717, 1.165) is 12.2 Å². The van der Waals surface area contributed by atoms with Gasteiger partial charge in [0.05, 0.1) is 23.8 Å². The van der Waals surface area contributed by atoms with Gasteiger partial charge in [0.15, 0.2) is 6.73 Å². The first-order valence-electron chi connectivity index (χ1n) is 9.47. The fraction of sp³-hybridized carbons (Fsp3) is 0.136. The van der Waals surface area contributed by atoms with E-state index in [-0.39, 0.29) is 24.1 Å². The van der Waals surface area contributed by atoms with Gasteiger partial charge in [-0.15, -0.1) is 0 Å². The third kappa shape index (κ3) is 4.54. The molecule has 152 valence electrons. The van der Waals surface area contributed by atoms with Crippen LogP contribution in [0.25, 0.3) is 11.3 Å². The van der Waals surface area contributed by atoms with Crippen LogP contribution < -0.4 is 10.1 Å². The molecule has 7 nitrogen and oxygen atoms in total. The van der Waals surface area contributed by atoms with Crippen molar-refractivity contribution in [3.05, 3.63) is 84.1 Å². The molecule has 0 aliphatic carbocycles. The summed E-state index contributed by atoms with van der Waals surface area (Å²) in [4.78, 5) is 12.5. The van der Waals surface area contributed by atoms with E-state index in [1.54, 1.807) is 35.3 Å². The Bertz CT molecular complexity index is 1130. The minimum Gasteiger partial charge on any atom is -0.471 e. The van der Waals surface area contributed by atoms with Gasteiger partial charge in [-0.05, 0) is 54.4 Å². The highest BCUT2D eigenvalue weighted by Gasteiger charge is 2.12. The van der Waals surface area contributed by atoms with Crippen LogP contribution in [-0.2, 0) is 13.2 Å². The van der Waals surface area contributed by atoms with Crippen molar-refractivity contribution in [2.24, 2.45) is 0 Å². The summed E-state index contributed by atoms with van der Waals surface area (Å²) in [5.74, 6) is 0.0665. The van der Waals surface area contributed by atoms with Crippen molar-refractivity contribution in [1.82, 2.24) is 20.0 Å². The molecule has 30 heavy (non-hydrogen) atoms. The first-order chi connectivity index (χ1) is 14.6. The van der Waals surface area contributed by atoms with Gasteiger partial charge in [0, 0.05) is 5.56 Å². The topological polar surface area (TPSA) is 84.8 Å². The van der Waals surface area contributed by atoms with Crippen molar-refractivity contribution >= 4 is 11.6 Å². The van der Waals surface area contributed by atoms with Crippen LogP contribution in [-0.4, -0.2) is 25.9 Å². The molecule has 2 aromatic carbocycles. The lowest BCUT2D eigenvalue weighted by Crippen LogP contribution is -2.12. The van der Waals surface area contributed by atoms with Crippen molar-refractivity contribution < 1.29 is 13.9 Å². The van der Waals surface area contributed by atoms with Gasteiger partial charge < -0.3 is 10.1 Å². The predicted octanol–water partition coefficient (Wildman–Crippen LogP) is 4.26. The third-order valence-electron chi connectivity index (χ3n) is 4.55. The quantitative estimate of drug-likeness (QED) is 0.481. The molecule has 0 aliphatic heterocycles. The minimum atomic E-state index is -0.355. The molecule has 8 heteroatoms. The van der Waals surface area contributed by atoms with Gasteiger partial charge in [-0.1, -0.05) is 19.1 Å². The average Bonchev–Trinajstić information content (AvgIpc) is 3.43. The van der Waals surface area contributed by atoms with Crippen LogP contribution in [0.5, 0.6) is 5.75 Å². The van der Waals surface area contributed by atoms with Crippen LogP contribution in [0.1, 0.15) is 23.0 Å². The van der Waals surface area contributed by atoms with Gasteiger partial charge in [-0.3, -0.25) is 9.89 Å². The number of anilines is 1. The van der Waals surface area contributed by atoms with E-state index < -0.39 is 0 Å². The van der Waals surface area contributed by atoms with Gasteiger partial charge >= 0.3 is 0 Å². The van der Waals surface area contributed by atoms with Crippen LogP contribution in [0.3, 0.4) is 0 Å². The number of rotatable bonds is 7. The second-order valence-electron chi connectivity index (χ2n) is 6.67. The maximum Gasteiger partial charge on any atom is 0.273 e. The lowest BCUT2D eigenvalue weighted by Gasteiger charge is -2.06. The number of carbonyl (C=O) groups is 1. The number of hydrogen-bond acceptors (Lipinski definition) is 4. The molecule has 0 atom stereocenters. The summed E-state index contributed by atoms with van der Waals surface area (Å²) in [5.41, 5.74) is 3.33. The van der Waals surface area contributed by atoms with Crippen LogP contribution in [0, 0.1) is 5.82 Å². The maximum absolute atomic E-state index is 13.1. The number of aryl methyl sites for hydroxylation is 1. The van der Waals surface area contributed by atoms with Crippen molar-refractivity contribution in [1.29, 1.82) is 0 Å². The number of hydrogen-bond donors (Lipinski definition) is 2. The van der Waals surface area contributed by atoms with E-state index in [2.05, 4.69) is 27.5 Å². The number of halogens is 1. The normalized spacial score (nSPS) is 10.7. The molecular weight excluding hydrogens is 385 g/mol. The number of benzene rings is 2. The third-order valence-corrected chi connectivity index (χ3v) is 4.55. The Labute approximate surface area is 172 Å². The Morgan fingerprint density at radius 3 is 2.67 bits per heavy atom. The summed E-state index contributed by atoms with van der Waals surface area (Å²) in [6, 6.07) is 15.4. The zero-order valence-corrected chi connectivity index (χ0v) is 16.3. The average molecular weight is 405 g/mol. The largest absolute Gasteiger partial charge is 0.471 e. The van der Waals surface area contributed by atoms with E-state index in [1.807, 2.05) is 24.3 Å². The standard InChI is InChI=1S/C22H20FN5O2/c1-2-15-3-9-19(10-4-15)30-14-28-13-18(12-24-28)25-22(29)21-11-20(26-27-21)16-5-7-17(23)8-6-16/h3-13H,2,14H2,1H3,(H,25,29)(H,26,27). The Morgan fingerprint density at radius 2 is 1.93 bits per heavy atom. The van der Waals surface area contributed by atoms with Crippen LogP contribution in [0.15, 0.2) is 67.0 Å². The van der Waals surface area contributed by atoms with E-state index in [4.69, 9.17) is 4.74 Å². The number of ether oxygens (including phenoxy) is 1. The predicted molar refractivity (Wildman–Crippen MR) is 111 cm³/mol. The molecule has 2 heterocycles. The molecule has 0 aliphatic rings. The zero-order chi connectivity index (χ0) is 20.9. The van der Waals surface area contributed by atoms with Crippen molar-refractivity contribution in [3.63, 3.8) is 0 Å². The lowest BCUT2D eigenvalue weighted by atomic mass is 10.1. The number of nitrogens with one attached hydrogen (secondary N) is 2. The smallest absolute Gasteiger partial charge is 0.273 e. The number of amides is 1. The highest BCUT2D eigenvalue weighted by Crippen LogP contribution is 2.19. The summed E-state index contributed by atoms with van der Waals surface area (Å²) >= 11 is 0. The summed E-state index contributed by atoms with van der Waals surface area (Å²) in [6.07, 6.45) is 4.19. The monoisotopic (exact) mass is 405 g/mol. The summed E-state index contributed by atoms with van der Waals surface area (Å²) < 4.78 is 20.3. The lowest BCUT2D eigenvalue weighted by molar-refractivity contribution is 0.102. The van der Waals surface area contributed by atoms with Crippen LogP contribution in [0.2, 0.25) is 0 Å². The zero-order valence-electron chi connectivity index (χ0n) is 16.3. The van der Waals surface area contributed by atoms with Crippen molar-refractivity contribution in [2.75, 3.05) is 5.32 Å². The van der Waals surface area contributed by atoms with Gasteiger partial charge in [0.25, 0.3) is 5.91 Å². The molecule has 1 amide bonds. The molecule has 0 saturated carbocycles. The molecule has 0 fully saturated rings.